The zero-order valence-corrected chi connectivity index (χ0v) is 9.97. The van der Waals surface area contributed by atoms with Crippen molar-refractivity contribution in [2.45, 2.75) is 52.9 Å². The molecule has 0 radical (unpaired) electrons. The summed E-state index contributed by atoms with van der Waals surface area (Å²) in [4.78, 5) is 0. The highest BCUT2D eigenvalue weighted by Crippen LogP contribution is 2.22. The van der Waals surface area contributed by atoms with E-state index in [1.165, 1.54) is 37.9 Å². The van der Waals surface area contributed by atoms with Crippen molar-refractivity contribution < 1.29 is 0 Å². The maximum Gasteiger partial charge on any atom is -0.00703 e. The van der Waals surface area contributed by atoms with Crippen molar-refractivity contribution in [1.82, 2.24) is 0 Å². The van der Waals surface area contributed by atoms with Crippen molar-refractivity contribution in [3.05, 3.63) is 0 Å². The van der Waals surface area contributed by atoms with E-state index in [-0.39, 0.29) is 0 Å². The molecule has 0 heterocycles. The molecule has 0 saturated heterocycles. The van der Waals surface area contributed by atoms with Crippen LogP contribution in [0.4, 0.5) is 0 Å². The summed E-state index contributed by atoms with van der Waals surface area (Å²) in [6.07, 6.45) is 9.25. The van der Waals surface area contributed by atoms with E-state index < -0.39 is 0 Å². The van der Waals surface area contributed by atoms with Gasteiger partial charge in [0.1, 0.15) is 0 Å². The molecule has 0 spiro atoms. The second kappa shape index (κ2) is 6.82. The first-order chi connectivity index (χ1) is 5.56. The maximum absolute atomic E-state index is 2.33. The standard InChI is InChI=1S/C11H24S/c1-11(2,3)9-7-5-6-8-10-12-4/h5-10H2,1-4H3. The van der Waals surface area contributed by atoms with Gasteiger partial charge >= 0.3 is 0 Å². The molecular formula is C11H24S. The highest BCUT2D eigenvalue weighted by molar-refractivity contribution is 7.98. The lowest BCUT2D eigenvalue weighted by atomic mass is 9.89. The van der Waals surface area contributed by atoms with Crippen LogP contribution in [0.1, 0.15) is 52.9 Å². The van der Waals surface area contributed by atoms with Gasteiger partial charge in [0, 0.05) is 0 Å². The van der Waals surface area contributed by atoms with Crippen LogP contribution in [0.25, 0.3) is 0 Å². The second-order valence-corrected chi connectivity index (χ2v) is 5.70. The molecule has 0 aromatic carbocycles. The van der Waals surface area contributed by atoms with E-state index in [0.29, 0.717) is 5.41 Å². The normalized spacial score (nSPS) is 12.0. The summed E-state index contributed by atoms with van der Waals surface area (Å²) in [5.74, 6) is 1.34. The number of rotatable bonds is 6. The van der Waals surface area contributed by atoms with Crippen LogP contribution >= 0.6 is 11.8 Å². The van der Waals surface area contributed by atoms with Crippen LogP contribution in [0.2, 0.25) is 0 Å². The van der Waals surface area contributed by atoms with Crippen LogP contribution in [-0.2, 0) is 0 Å². The average molecular weight is 188 g/mol. The second-order valence-electron chi connectivity index (χ2n) is 4.72. The maximum atomic E-state index is 2.33. The van der Waals surface area contributed by atoms with Crippen molar-refractivity contribution in [2.75, 3.05) is 12.0 Å². The monoisotopic (exact) mass is 188 g/mol. The molecule has 12 heavy (non-hydrogen) atoms. The zero-order chi connectivity index (χ0) is 9.45. The van der Waals surface area contributed by atoms with Crippen LogP contribution in [-0.4, -0.2) is 12.0 Å². The SMILES string of the molecule is CSCCCCCCC(C)(C)C. The molecule has 0 bridgehead atoms. The van der Waals surface area contributed by atoms with E-state index >= 15 is 0 Å². The molecule has 0 N–H and O–H groups in total. The minimum absolute atomic E-state index is 0.541. The van der Waals surface area contributed by atoms with Gasteiger partial charge in [-0.05, 0) is 30.3 Å². The van der Waals surface area contributed by atoms with E-state index in [9.17, 15) is 0 Å². The molecule has 0 aliphatic carbocycles. The predicted octanol–water partition coefficient (Wildman–Crippen LogP) is 4.35. The Kier molecular flexibility index (Phi) is 7.02. The van der Waals surface area contributed by atoms with E-state index in [4.69, 9.17) is 0 Å². The Morgan fingerprint density at radius 1 is 0.917 bits per heavy atom. The Morgan fingerprint density at radius 2 is 1.50 bits per heavy atom. The van der Waals surface area contributed by atoms with E-state index in [1.807, 2.05) is 11.8 Å². The predicted molar refractivity (Wildman–Crippen MR) is 60.9 cm³/mol. The Hall–Kier alpha value is 0.350. The Balaban J connectivity index is 3.01. The highest BCUT2D eigenvalue weighted by atomic mass is 32.2. The van der Waals surface area contributed by atoms with Crippen LogP contribution < -0.4 is 0 Å². The summed E-state index contributed by atoms with van der Waals surface area (Å²) in [7, 11) is 0. The summed E-state index contributed by atoms with van der Waals surface area (Å²) in [5.41, 5.74) is 0.541. The van der Waals surface area contributed by atoms with Crippen LogP contribution in [0.5, 0.6) is 0 Å². The largest absolute Gasteiger partial charge is 0.165 e. The first-order valence-corrected chi connectivity index (χ1v) is 6.44. The van der Waals surface area contributed by atoms with Gasteiger partial charge < -0.3 is 0 Å². The number of hydrogen-bond donors (Lipinski definition) is 0. The molecule has 0 amide bonds. The van der Waals surface area contributed by atoms with Gasteiger partial charge in [-0.25, -0.2) is 0 Å². The third-order valence-corrected chi connectivity index (χ3v) is 2.72. The summed E-state index contributed by atoms with van der Waals surface area (Å²) in [6.45, 7) is 6.98. The number of thioether (sulfide) groups is 1. The minimum atomic E-state index is 0.541. The van der Waals surface area contributed by atoms with Crippen molar-refractivity contribution in [3.63, 3.8) is 0 Å². The minimum Gasteiger partial charge on any atom is -0.165 e. The first kappa shape index (κ1) is 12.3. The van der Waals surface area contributed by atoms with Gasteiger partial charge in [0.05, 0.1) is 0 Å². The lowest BCUT2D eigenvalue weighted by molar-refractivity contribution is 0.358. The van der Waals surface area contributed by atoms with Crippen molar-refractivity contribution >= 4 is 11.8 Å². The smallest absolute Gasteiger partial charge is 0.00703 e. The third-order valence-electron chi connectivity index (χ3n) is 2.03. The average Bonchev–Trinajstić information content (AvgIpc) is 1.94. The fourth-order valence-electron chi connectivity index (χ4n) is 1.26. The Bertz CT molecular complexity index is 91.7. The van der Waals surface area contributed by atoms with Crippen LogP contribution in [0, 0.1) is 5.41 Å². The zero-order valence-electron chi connectivity index (χ0n) is 9.15. The fraction of sp³-hybridized carbons (Fsp3) is 1.00. The molecule has 0 nitrogen and oxygen atoms in total. The summed E-state index contributed by atoms with van der Waals surface area (Å²) in [6, 6.07) is 0. The molecule has 1 heteroatoms. The number of hydrogen-bond acceptors (Lipinski definition) is 1. The topological polar surface area (TPSA) is 0 Å². The molecule has 74 valence electrons. The van der Waals surface area contributed by atoms with Gasteiger partial charge in [0.15, 0.2) is 0 Å². The molecule has 0 aliphatic heterocycles. The lowest BCUT2D eigenvalue weighted by Gasteiger charge is -2.17. The molecule has 0 aliphatic rings. The summed E-state index contributed by atoms with van der Waals surface area (Å²) < 4.78 is 0. The van der Waals surface area contributed by atoms with Gasteiger partial charge in [-0.2, -0.15) is 11.8 Å². The quantitative estimate of drug-likeness (QED) is 0.559. The van der Waals surface area contributed by atoms with Crippen molar-refractivity contribution in [2.24, 2.45) is 5.41 Å². The molecule has 0 saturated carbocycles. The van der Waals surface area contributed by atoms with E-state index in [2.05, 4.69) is 27.0 Å². The highest BCUT2D eigenvalue weighted by Gasteiger charge is 2.08. The molecule has 0 atom stereocenters. The first-order valence-electron chi connectivity index (χ1n) is 5.05. The number of unbranched alkanes of at least 4 members (excludes halogenated alkanes) is 3. The fourth-order valence-corrected chi connectivity index (χ4v) is 1.75. The Morgan fingerprint density at radius 3 is 2.00 bits per heavy atom. The molecule has 0 fully saturated rings. The van der Waals surface area contributed by atoms with Gasteiger partial charge in [0.2, 0.25) is 0 Å². The van der Waals surface area contributed by atoms with Gasteiger partial charge in [0.25, 0.3) is 0 Å². The Labute approximate surface area is 82.5 Å². The van der Waals surface area contributed by atoms with Crippen LogP contribution in [0.3, 0.4) is 0 Å². The summed E-state index contributed by atoms with van der Waals surface area (Å²) >= 11 is 1.97. The van der Waals surface area contributed by atoms with E-state index in [1.54, 1.807) is 0 Å². The molecule has 0 rings (SSSR count). The third kappa shape index (κ3) is 10.3. The lowest BCUT2D eigenvalue weighted by Crippen LogP contribution is -2.03. The molecular weight excluding hydrogens is 164 g/mol. The molecule has 0 aromatic heterocycles. The summed E-state index contributed by atoms with van der Waals surface area (Å²) in [5, 5.41) is 0. The van der Waals surface area contributed by atoms with Crippen LogP contribution in [0.15, 0.2) is 0 Å². The molecule has 0 aromatic rings. The molecule has 0 unspecified atom stereocenters. The van der Waals surface area contributed by atoms with Crippen molar-refractivity contribution in [1.29, 1.82) is 0 Å². The van der Waals surface area contributed by atoms with Crippen molar-refractivity contribution in [3.8, 4) is 0 Å². The van der Waals surface area contributed by atoms with Gasteiger partial charge in [-0.3, -0.25) is 0 Å². The van der Waals surface area contributed by atoms with Gasteiger partial charge in [-0.15, -0.1) is 0 Å². The van der Waals surface area contributed by atoms with Gasteiger partial charge in [-0.1, -0.05) is 40.0 Å². The van der Waals surface area contributed by atoms with E-state index in [0.717, 1.165) is 0 Å².